The first-order valence-electron chi connectivity index (χ1n) is 10.9. The number of nitrogens with zero attached hydrogens (tertiary/aromatic N) is 3. The molecule has 2 aromatic carbocycles. The molecule has 1 fully saturated rings. The van der Waals surface area contributed by atoms with Crippen LogP contribution in [0.25, 0.3) is 10.9 Å². The highest BCUT2D eigenvalue weighted by atomic mass is 32.2. The minimum atomic E-state index is -3.63. The van der Waals surface area contributed by atoms with Gasteiger partial charge in [-0.2, -0.15) is 0 Å². The van der Waals surface area contributed by atoms with Gasteiger partial charge in [-0.05, 0) is 31.2 Å². The quantitative estimate of drug-likeness (QED) is 0.538. The van der Waals surface area contributed by atoms with Crippen molar-refractivity contribution < 1.29 is 13.2 Å². The number of carbonyl (C=O) groups is 1. The smallest absolute Gasteiger partial charge is 0.258 e. The zero-order valence-corrected chi connectivity index (χ0v) is 19.3. The predicted molar refractivity (Wildman–Crippen MR) is 125 cm³/mol. The maximum absolute atomic E-state index is 12.5. The predicted octanol–water partition coefficient (Wildman–Crippen LogP) is 1.24. The first kappa shape index (κ1) is 23.1. The van der Waals surface area contributed by atoms with E-state index in [1.807, 2.05) is 25.1 Å². The van der Waals surface area contributed by atoms with E-state index < -0.39 is 10.0 Å². The van der Waals surface area contributed by atoms with Gasteiger partial charge in [0.05, 0.1) is 22.3 Å². The van der Waals surface area contributed by atoms with Crippen molar-refractivity contribution in [3.8, 4) is 0 Å². The van der Waals surface area contributed by atoms with Gasteiger partial charge in [-0.1, -0.05) is 29.8 Å². The Labute approximate surface area is 192 Å². The monoisotopic (exact) mass is 469 g/mol. The van der Waals surface area contributed by atoms with Gasteiger partial charge in [-0.3, -0.25) is 14.5 Å². The summed E-state index contributed by atoms with van der Waals surface area (Å²) in [6.07, 6.45) is 0.102. The molecular formula is C23H27N5O4S. The van der Waals surface area contributed by atoms with Crippen LogP contribution in [-0.4, -0.2) is 66.8 Å². The standard InChI is InChI=1S/C23H27N5O4S/c1-17-6-8-18(9-7-17)33(31,32)24-11-10-22(29)28-14-12-27(13-15-28)16-21-25-20-5-3-2-4-19(20)23(30)26-21/h2-9,24H,10-16H2,1H3,(H,25,26,30). The van der Waals surface area contributed by atoms with Gasteiger partial charge in [0.25, 0.3) is 5.56 Å². The normalized spacial score (nSPS) is 15.1. The topological polar surface area (TPSA) is 115 Å². The SMILES string of the molecule is Cc1ccc(S(=O)(=O)NCCC(=O)N2CCN(Cc3nc4ccccc4c(=O)[nH]3)CC2)cc1. The maximum Gasteiger partial charge on any atom is 0.258 e. The molecule has 1 aromatic heterocycles. The van der Waals surface area contributed by atoms with Crippen LogP contribution < -0.4 is 10.3 Å². The number of para-hydroxylation sites is 1. The number of piperazine rings is 1. The summed E-state index contributed by atoms with van der Waals surface area (Å²) in [5.41, 5.74) is 1.49. The molecule has 0 atom stereocenters. The van der Waals surface area contributed by atoms with Crippen LogP contribution in [0.15, 0.2) is 58.2 Å². The number of rotatable bonds is 7. The van der Waals surface area contributed by atoms with Crippen LogP contribution in [0, 0.1) is 6.92 Å². The molecule has 3 aromatic rings. The lowest BCUT2D eigenvalue weighted by Crippen LogP contribution is -2.49. The average Bonchev–Trinajstić information content (AvgIpc) is 2.80. The molecule has 4 rings (SSSR count). The summed E-state index contributed by atoms with van der Waals surface area (Å²) in [5, 5.41) is 0.565. The molecule has 0 radical (unpaired) electrons. The van der Waals surface area contributed by atoms with Crippen molar-refractivity contribution in [3.63, 3.8) is 0 Å². The zero-order chi connectivity index (χ0) is 23.4. The van der Waals surface area contributed by atoms with Crippen molar-refractivity contribution in [2.75, 3.05) is 32.7 Å². The Kier molecular flexibility index (Phi) is 6.87. The fourth-order valence-electron chi connectivity index (χ4n) is 3.83. The van der Waals surface area contributed by atoms with Crippen LogP contribution in [0.5, 0.6) is 0 Å². The summed E-state index contributed by atoms with van der Waals surface area (Å²) in [7, 11) is -3.63. The van der Waals surface area contributed by atoms with Gasteiger partial charge in [0, 0.05) is 39.1 Å². The molecule has 0 unspecified atom stereocenters. The van der Waals surface area contributed by atoms with E-state index in [4.69, 9.17) is 0 Å². The third kappa shape index (κ3) is 5.65. The number of hydrogen-bond donors (Lipinski definition) is 2. The number of aromatic nitrogens is 2. The van der Waals surface area contributed by atoms with E-state index in [2.05, 4.69) is 19.6 Å². The van der Waals surface area contributed by atoms with E-state index in [1.54, 1.807) is 35.2 Å². The molecule has 33 heavy (non-hydrogen) atoms. The van der Waals surface area contributed by atoms with Crippen molar-refractivity contribution in [2.45, 2.75) is 24.8 Å². The van der Waals surface area contributed by atoms with Gasteiger partial charge in [0.2, 0.25) is 15.9 Å². The van der Waals surface area contributed by atoms with Gasteiger partial charge >= 0.3 is 0 Å². The van der Waals surface area contributed by atoms with Crippen molar-refractivity contribution in [3.05, 3.63) is 70.3 Å². The second-order valence-corrected chi connectivity index (χ2v) is 9.91. The Morgan fingerprint density at radius 2 is 1.76 bits per heavy atom. The van der Waals surface area contributed by atoms with E-state index in [9.17, 15) is 18.0 Å². The van der Waals surface area contributed by atoms with Crippen molar-refractivity contribution in [1.82, 2.24) is 24.5 Å². The van der Waals surface area contributed by atoms with Crippen LogP contribution in [0.2, 0.25) is 0 Å². The highest BCUT2D eigenvalue weighted by Gasteiger charge is 2.22. The molecule has 1 aliphatic heterocycles. The second kappa shape index (κ2) is 9.82. The van der Waals surface area contributed by atoms with Gasteiger partial charge in [0.15, 0.2) is 0 Å². The molecule has 174 valence electrons. The van der Waals surface area contributed by atoms with Crippen LogP contribution in [0.1, 0.15) is 17.8 Å². The molecule has 2 heterocycles. The summed E-state index contributed by atoms with van der Waals surface area (Å²) in [4.78, 5) is 36.2. The fraction of sp³-hybridized carbons (Fsp3) is 0.348. The number of carbonyl (C=O) groups excluding carboxylic acids is 1. The molecule has 0 bridgehead atoms. The minimum Gasteiger partial charge on any atom is -0.340 e. The maximum atomic E-state index is 12.5. The van der Waals surface area contributed by atoms with Crippen LogP contribution in [0.4, 0.5) is 0 Å². The van der Waals surface area contributed by atoms with Crippen molar-refractivity contribution >= 4 is 26.8 Å². The second-order valence-electron chi connectivity index (χ2n) is 8.15. The number of H-pyrrole nitrogens is 1. The summed E-state index contributed by atoms with van der Waals surface area (Å²) >= 11 is 0. The number of fused-ring (bicyclic) bond motifs is 1. The number of benzene rings is 2. The van der Waals surface area contributed by atoms with Crippen LogP contribution in [-0.2, 0) is 21.4 Å². The third-order valence-electron chi connectivity index (χ3n) is 5.72. The zero-order valence-electron chi connectivity index (χ0n) is 18.5. The summed E-state index contributed by atoms with van der Waals surface area (Å²) < 4.78 is 27.2. The number of hydrogen-bond acceptors (Lipinski definition) is 6. The molecule has 2 N–H and O–H groups in total. The highest BCUT2D eigenvalue weighted by molar-refractivity contribution is 7.89. The Morgan fingerprint density at radius 1 is 1.06 bits per heavy atom. The average molecular weight is 470 g/mol. The fourth-order valence-corrected chi connectivity index (χ4v) is 4.86. The Balaban J connectivity index is 1.25. The Hall–Kier alpha value is -3.08. The molecule has 0 spiro atoms. The van der Waals surface area contributed by atoms with Crippen molar-refractivity contribution in [1.29, 1.82) is 0 Å². The van der Waals surface area contributed by atoms with Crippen LogP contribution in [0.3, 0.4) is 0 Å². The molecule has 10 heteroatoms. The first-order chi connectivity index (χ1) is 15.8. The van der Waals surface area contributed by atoms with Gasteiger partial charge in [-0.25, -0.2) is 18.1 Å². The Bertz CT molecular complexity index is 1300. The molecule has 1 aliphatic rings. The van der Waals surface area contributed by atoms with Gasteiger partial charge in [0.1, 0.15) is 5.82 Å². The summed E-state index contributed by atoms with van der Waals surface area (Å²) in [6, 6.07) is 13.8. The van der Waals surface area contributed by atoms with E-state index in [1.165, 1.54) is 0 Å². The first-order valence-corrected chi connectivity index (χ1v) is 12.3. The van der Waals surface area contributed by atoms with Gasteiger partial charge in [-0.15, -0.1) is 0 Å². The number of nitrogens with one attached hydrogen (secondary N) is 2. The third-order valence-corrected chi connectivity index (χ3v) is 7.20. The van der Waals surface area contributed by atoms with E-state index in [0.29, 0.717) is 49.5 Å². The molecule has 0 saturated carbocycles. The van der Waals surface area contributed by atoms with E-state index in [0.717, 1.165) is 5.56 Å². The lowest BCUT2D eigenvalue weighted by atomic mass is 10.2. The van der Waals surface area contributed by atoms with E-state index in [-0.39, 0.29) is 29.3 Å². The molecule has 1 saturated heterocycles. The highest BCUT2D eigenvalue weighted by Crippen LogP contribution is 2.11. The number of sulfonamides is 1. The van der Waals surface area contributed by atoms with Gasteiger partial charge < -0.3 is 9.88 Å². The summed E-state index contributed by atoms with van der Waals surface area (Å²) in [5.74, 6) is 0.516. The summed E-state index contributed by atoms with van der Waals surface area (Å²) in [6.45, 7) is 4.83. The largest absolute Gasteiger partial charge is 0.340 e. The van der Waals surface area contributed by atoms with E-state index >= 15 is 0 Å². The lowest BCUT2D eigenvalue weighted by molar-refractivity contribution is -0.132. The van der Waals surface area contributed by atoms with Crippen LogP contribution >= 0.6 is 0 Å². The Morgan fingerprint density at radius 3 is 2.48 bits per heavy atom. The lowest BCUT2D eigenvalue weighted by Gasteiger charge is -2.34. The minimum absolute atomic E-state index is 0.0531. The number of aromatic amines is 1. The number of aryl methyl sites for hydroxylation is 1. The molecule has 9 nitrogen and oxygen atoms in total. The number of amides is 1. The molecular weight excluding hydrogens is 442 g/mol. The van der Waals surface area contributed by atoms with Crippen molar-refractivity contribution in [2.24, 2.45) is 0 Å². The molecule has 0 aliphatic carbocycles. The molecule has 1 amide bonds.